The number of nitrogens with one attached hydrogen (secondary N) is 1. The average Bonchev–Trinajstić information content (AvgIpc) is 3.08. The van der Waals surface area contributed by atoms with Crippen LogP contribution >= 0.6 is 0 Å². The topological polar surface area (TPSA) is 61.8 Å². The molecule has 23 heavy (non-hydrogen) atoms. The largest absolute Gasteiger partial charge is 0.494 e. The van der Waals surface area contributed by atoms with Gasteiger partial charge in [0.25, 0.3) is 0 Å². The van der Waals surface area contributed by atoms with Gasteiger partial charge in [-0.25, -0.2) is 0 Å². The number of nitrogens with zero attached hydrogens (tertiary/aromatic N) is 1. The maximum absolute atomic E-state index is 11.0. The van der Waals surface area contributed by atoms with Crippen molar-refractivity contribution in [3.63, 3.8) is 0 Å². The van der Waals surface area contributed by atoms with Crippen LogP contribution in [0.3, 0.4) is 0 Å². The Labute approximate surface area is 139 Å². The lowest BCUT2D eigenvalue weighted by molar-refractivity contribution is -0.137. The number of ether oxygens (including phenoxy) is 1. The van der Waals surface area contributed by atoms with E-state index in [-0.39, 0.29) is 6.54 Å². The Kier molecular flexibility index (Phi) is 9.14. The zero-order valence-electron chi connectivity index (χ0n) is 14.5. The fourth-order valence-corrected chi connectivity index (χ4v) is 2.73. The Morgan fingerprint density at radius 2 is 2.26 bits per heavy atom. The predicted octanol–water partition coefficient (Wildman–Crippen LogP) is 2.77. The lowest BCUT2D eigenvalue weighted by Gasteiger charge is -2.20. The molecule has 1 fully saturated rings. The summed E-state index contributed by atoms with van der Waals surface area (Å²) in [7, 11) is 0. The molecule has 2 aliphatic heterocycles. The molecule has 0 bridgehead atoms. The first kappa shape index (κ1) is 19.3. The summed E-state index contributed by atoms with van der Waals surface area (Å²) < 4.78 is 5.55. The molecule has 5 nitrogen and oxygen atoms in total. The van der Waals surface area contributed by atoms with E-state index in [2.05, 4.69) is 11.4 Å². The first-order valence-corrected chi connectivity index (χ1v) is 8.55. The van der Waals surface area contributed by atoms with Gasteiger partial charge in [0.1, 0.15) is 12.3 Å². The number of hydrogen-bond donors (Lipinski definition) is 2. The molecule has 1 atom stereocenters. The van der Waals surface area contributed by atoms with Crippen LogP contribution in [0.5, 0.6) is 0 Å². The molecule has 0 aliphatic carbocycles. The third kappa shape index (κ3) is 6.91. The summed E-state index contributed by atoms with van der Waals surface area (Å²) in [6, 6.07) is 0. The van der Waals surface area contributed by atoms with Crippen molar-refractivity contribution in [2.45, 2.75) is 33.6 Å². The highest BCUT2D eigenvalue weighted by Gasteiger charge is 2.20. The van der Waals surface area contributed by atoms with Crippen molar-refractivity contribution in [3.8, 4) is 0 Å². The number of aliphatic carboxylic acids is 1. The first-order chi connectivity index (χ1) is 11.2. The Morgan fingerprint density at radius 1 is 1.48 bits per heavy atom. The molecule has 0 spiro atoms. The number of carboxylic acid groups (broad SMARTS) is 1. The standard InChI is InChI=1S/C16H24N2O3.C2H6/c1-2-21-15-5-3-4-14(13-6-8-17-10-13)11-18(9-7-15)12-16(19)20;1-2/h3,5,7,11,13,17H,2,4,6,8-10,12H2,1H3,(H,19,20);1-2H3/b5-3-,14-11+,15-7+;. The number of allylic oxidation sites excluding steroid dienone is 2. The average molecular weight is 322 g/mol. The van der Waals surface area contributed by atoms with E-state index < -0.39 is 5.97 Å². The fraction of sp³-hybridized carbons (Fsp3) is 0.611. The van der Waals surface area contributed by atoms with Crippen molar-refractivity contribution >= 4 is 5.97 Å². The summed E-state index contributed by atoms with van der Waals surface area (Å²) in [5, 5.41) is 12.4. The summed E-state index contributed by atoms with van der Waals surface area (Å²) in [4.78, 5) is 12.9. The van der Waals surface area contributed by atoms with E-state index in [4.69, 9.17) is 9.84 Å². The van der Waals surface area contributed by atoms with Crippen LogP contribution in [0, 0.1) is 5.92 Å². The quantitative estimate of drug-likeness (QED) is 0.815. The second-order valence-corrected chi connectivity index (χ2v) is 5.36. The van der Waals surface area contributed by atoms with Gasteiger partial charge >= 0.3 is 5.97 Å². The number of carboxylic acids is 1. The second-order valence-electron chi connectivity index (χ2n) is 5.36. The predicted molar refractivity (Wildman–Crippen MR) is 93.1 cm³/mol. The maximum Gasteiger partial charge on any atom is 0.323 e. The molecule has 130 valence electrons. The van der Waals surface area contributed by atoms with Gasteiger partial charge in [0, 0.05) is 13.1 Å². The van der Waals surface area contributed by atoms with E-state index in [0.717, 1.165) is 31.7 Å². The second kappa shape index (κ2) is 10.9. The van der Waals surface area contributed by atoms with Crippen molar-refractivity contribution in [2.75, 3.05) is 32.8 Å². The van der Waals surface area contributed by atoms with Crippen LogP contribution in [0.1, 0.15) is 33.6 Å². The molecule has 0 saturated carbocycles. The normalized spacial score (nSPS) is 27.1. The van der Waals surface area contributed by atoms with Gasteiger partial charge in [0.15, 0.2) is 0 Å². The SMILES string of the molecule is CC.CCOC1=C/CN(CC(=O)O)/C=C(/C2CCNC2)C/C=C\1. The van der Waals surface area contributed by atoms with E-state index in [1.165, 1.54) is 5.57 Å². The minimum absolute atomic E-state index is 0.0134. The number of hydrogen-bond acceptors (Lipinski definition) is 4. The van der Waals surface area contributed by atoms with Gasteiger partial charge < -0.3 is 20.1 Å². The van der Waals surface area contributed by atoms with E-state index in [1.807, 2.05) is 44.0 Å². The van der Waals surface area contributed by atoms with Crippen LogP contribution in [0.25, 0.3) is 0 Å². The van der Waals surface area contributed by atoms with Crippen molar-refractivity contribution in [2.24, 2.45) is 5.92 Å². The maximum atomic E-state index is 11.0. The first-order valence-electron chi connectivity index (χ1n) is 8.55. The van der Waals surface area contributed by atoms with Crippen LogP contribution in [0.4, 0.5) is 0 Å². The molecule has 2 rings (SSSR count). The summed E-state index contributed by atoms with van der Waals surface area (Å²) >= 11 is 0. The lowest BCUT2D eigenvalue weighted by Crippen LogP contribution is -2.26. The zero-order chi connectivity index (χ0) is 17.1. The van der Waals surface area contributed by atoms with Crippen LogP contribution in [0.15, 0.2) is 35.8 Å². The highest BCUT2D eigenvalue weighted by molar-refractivity contribution is 5.69. The van der Waals surface area contributed by atoms with E-state index in [1.54, 1.807) is 0 Å². The number of rotatable bonds is 5. The van der Waals surface area contributed by atoms with E-state index in [0.29, 0.717) is 19.1 Å². The molecule has 0 aromatic heterocycles. The van der Waals surface area contributed by atoms with Gasteiger partial charge in [-0.15, -0.1) is 0 Å². The van der Waals surface area contributed by atoms with Crippen LogP contribution in [0.2, 0.25) is 0 Å². The van der Waals surface area contributed by atoms with Gasteiger partial charge in [-0.05, 0) is 56.2 Å². The van der Waals surface area contributed by atoms with Crippen molar-refractivity contribution in [1.82, 2.24) is 10.2 Å². The molecule has 2 heterocycles. The molecule has 2 N–H and O–H groups in total. The molecular weight excluding hydrogens is 292 g/mol. The van der Waals surface area contributed by atoms with Gasteiger partial charge in [-0.3, -0.25) is 4.79 Å². The molecule has 0 radical (unpaired) electrons. The highest BCUT2D eigenvalue weighted by atomic mass is 16.5. The Hall–Kier alpha value is -1.75. The summed E-state index contributed by atoms with van der Waals surface area (Å²) in [5.74, 6) is 0.500. The molecule has 5 heteroatoms. The van der Waals surface area contributed by atoms with Gasteiger partial charge in [0.05, 0.1) is 6.61 Å². The third-order valence-electron chi connectivity index (χ3n) is 3.75. The van der Waals surface area contributed by atoms with Crippen LogP contribution in [-0.4, -0.2) is 48.8 Å². The summed E-state index contributed by atoms with van der Waals surface area (Å²) in [6.07, 6.45) is 10.0. The lowest BCUT2D eigenvalue weighted by atomic mass is 9.96. The Bertz CT molecular complexity index is 449. The molecule has 0 amide bonds. The van der Waals surface area contributed by atoms with E-state index in [9.17, 15) is 4.79 Å². The summed E-state index contributed by atoms with van der Waals surface area (Å²) in [6.45, 7) is 9.14. The minimum atomic E-state index is -0.811. The van der Waals surface area contributed by atoms with Gasteiger partial charge in [-0.2, -0.15) is 0 Å². The van der Waals surface area contributed by atoms with Crippen molar-refractivity contribution < 1.29 is 14.6 Å². The van der Waals surface area contributed by atoms with Gasteiger partial charge in [-0.1, -0.05) is 19.9 Å². The monoisotopic (exact) mass is 322 g/mol. The molecule has 0 aromatic rings. The fourth-order valence-electron chi connectivity index (χ4n) is 2.73. The Balaban J connectivity index is 0.00000127. The van der Waals surface area contributed by atoms with Crippen LogP contribution in [-0.2, 0) is 9.53 Å². The van der Waals surface area contributed by atoms with Gasteiger partial charge in [0.2, 0.25) is 0 Å². The smallest absolute Gasteiger partial charge is 0.323 e. The number of carbonyl (C=O) groups is 1. The zero-order valence-corrected chi connectivity index (χ0v) is 14.5. The molecule has 1 unspecified atom stereocenters. The molecule has 2 aliphatic rings. The molecule has 1 saturated heterocycles. The van der Waals surface area contributed by atoms with E-state index >= 15 is 0 Å². The summed E-state index contributed by atoms with van der Waals surface area (Å²) in [5.41, 5.74) is 1.30. The van der Waals surface area contributed by atoms with Crippen molar-refractivity contribution in [1.29, 1.82) is 0 Å². The molecule has 0 aromatic carbocycles. The Morgan fingerprint density at radius 3 is 2.87 bits per heavy atom. The van der Waals surface area contributed by atoms with Crippen molar-refractivity contribution in [3.05, 3.63) is 35.8 Å². The molecular formula is C18H30N2O3. The van der Waals surface area contributed by atoms with Crippen LogP contribution < -0.4 is 5.32 Å². The minimum Gasteiger partial charge on any atom is -0.494 e. The highest BCUT2D eigenvalue weighted by Crippen LogP contribution is 2.23. The third-order valence-corrected chi connectivity index (χ3v) is 3.75.